The van der Waals surface area contributed by atoms with Crippen LogP contribution in [0.15, 0.2) is 0 Å². The van der Waals surface area contributed by atoms with E-state index in [1.165, 1.54) is 32.1 Å². The summed E-state index contributed by atoms with van der Waals surface area (Å²) in [5.74, 6) is 0.769. The lowest BCUT2D eigenvalue weighted by Crippen LogP contribution is -2.20. The van der Waals surface area contributed by atoms with E-state index in [2.05, 4.69) is 5.32 Å². The molecule has 0 heterocycles. The van der Waals surface area contributed by atoms with Gasteiger partial charge in [0.25, 0.3) is 0 Å². The van der Waals surface area contributed by atoms with E-state index < -0.39 is 0 Å². The van der Waals surface area contributed by atoms with Crippen molar-refractivity contribution < 1.29 is 9.53 Å². The van der Waals surface area contributed by atoms with Gasteiger partial charge in [0.05, 0.1) is 6.61 Å². The fraction of sp³-hybridized carbons (Fsp3) is 0.900. The van der Waals surface area contributed by atoms with Gasteiger partial charge in [-0.2, -0.15) is 0 Å². The predicted octanol–water partition coefficient (Wildman–Crippen LogP) is 1.33. The van der Waals surface area contributed by atoms with Gasteiger partial charge in [-0.25, -0.2) is 0 Å². The molecule has 0 saturated heterocycles. The minimum Gasteiger partial charge on any atom is -0.379 e. The molecular weight excluding hydrogens is 166 g/mol. The molecule has 13 heavy (non-hydrogen) atoms. The van der Waals surface area contributed by atoms with Crippen LogP contribution in [-0.4, -0.2) is 26.2 Å². The Labute approximate surface area is 79.8 Å². The molecule has 0 unspecified atom stereocenters. The van der Waals surface area contributed by atoms with Crippen molar-refractivity contribution in [2.24, 2.45) is 5.92 Å². The summed E-state index contributed by atoms with van der Waals surface area (Å²) >= 11 is 0. The standard InChI is InChI=1S/C10H19NO2/c12-9-11-6-7-13-8-10-4-2-1-3-5-10/h9-10H,1-8H2,(H,11,12). The summed E-state index contributed by atoms with van der Waals surface area (Å²) in [6.45, 7) is 2.16. The Morgan fingerprint density at radius 2 is 2.08 bits per heavy atom. The highest BCUT2D eigenvalue weighted by Gasteiger charge is 2.12. The van der Waals surface area contributed by atoms with Crippen LogP contribution < -0.4 is 5.32 Å². The molecule has 0 atom stereocenters. The van der Waals surface area contributed by atoms with Gasteiger partial charge in [0.15, 0.2) is 0 Å². The number of ether oxygens (including phenoxy) is 1. The van der Waals surface area contributed by atoms with Crippen molar-refractivity contribution in [1.82, 2.24) is 5.32 Å². The van der Waals surface area contributed by atoms with Crippen LogP contribution in [0.1, 0.15) is 32.1 Å². The van der Waals surface area contributed by atoms with Crippen LogP contribution in [0.2, 0.25) is 0 Å². The molecule has 1 fully saturated rings. The predicted molar refractivity (Wildman–Crippen MR) is 51.5 cm³/mol. The van der Waals surface area contributed by atoms with Gasteiger partial charge < -0.3 is 10.1 Å². The molecule has 0 aromatic rings. The number of carbonyl (C=O) groups excluding carboxylic acids is 1. The largest absolute Gasteiger partial charge is 0.379 e. The van der Waals surface area contributed by atoms with Gasteiger partial charge in [-0.15, -0.1) is 0 Å². The van der Waals surface area contributed by atoms with Gasteiger partial charge in [-0.3, -0.25) is 4.79 Å². The third kappa shape index (κ3) is 4.88. The summed E-state index contributed by atoms with van der Waals surface area (Å²) in [5, 5.41) is 2.58. The SMILES string of the molecule is O=CNCCOCC1CCCCC1. The Morgan fingerprint density at radius 3 is 2.77 bits per heavy atom. The van der Waals surface area contributed by atoms with Crippen molar-refractivity contribution in [1.29, 1.82) is 0 Å². The highest BCUT2D eigenvalue weighted by atomic mass is 16.5. The smallest absolute Gasteiger partial charge is 0.207 e. The molecule has 1 amide bonds. The Bertz CT molecular complexity index is 133. The molecule has 1 aliphatic rings. The summed E-state index contributed by atoms with van der Waals surface area (Å²) in [4.78, 5) is 9.90. The molecule has 1 aliphatic carbocycles. The van der Waals surface area contributed by atoms with Gasteiger partial charge in [-0.1, -0.05) is 19.3 Å². The maximum absolute atomic E-state index is 9.90. The van der Waals surface area contributed by atoms with Crippen molar-refractivity contribution in [3.63, 3.8) is 0 Å². The maximum atomic E-state index is 9.90. The number of amides is 1. The Morgan fingerprint density at radius 1 is 1.31 bits per heavy atom. The van der Waals surface area contributed by atoms with Gasteiger partial charge in [0, 0.05) is 13.2 Å². The minimum absolute atomic E-state index is 0.635. The second kappa shape index (κ2) is 6.89. The first-order chi connectivity index (χ1) is 6.43. The lowest BCUT2D eigenvalue weighted by atomic mass is 9.90. The number of hydrogen-bond acceptors (Lipinski definition) is 2. The molecule has 76 valence electrons. The van der Waals surface area contributed by atoms with Gasteiger partial charge in [-0.05, 0) is 18.8 Å². The Balaban J connectivity index is 1.89. The molecule has 1 rings (SSSR count). The lowest BCUT2D eigenvalue weighted by Gasteiger charge is -2.21. The van der Waals surface area contributed by atoms with E-state index in [1.54, 1.807) is 0 Å². The molecular formula is C10H19NO2. The van der Waals surface area contributed by atoms with Crippen molar-refractivity contribution >= 4 is 6.41 Å². The maximum Gasteiger partial charge on any atom is 0.207 e. The van der Waals surface area contributed by atoms with Crippen molar-refractivity contribution in [3.8, 4) is 0 Å². The zero-order valence-electron chi connectivity index (χ0n) is 8.13. The van der Waals surface area contributed by atoms with E-state index in [-0.39, 0.29) is 0 Å². The van der Waals surface area contributed by atoms with Crippen LogP contribution in [-0.2, 0) is 9.53 Å². The molecule has 0 aliphatic heterocycles. The monoisotopic (exact) mass is 185 g/mol. The summed E-state index contributed by atoms with van der Waals surface area (Å²) < 4.78 is 5.45. The number of hydrogen-bond donors (Lipinski definition) is 1. The van der Waals surface area contributed by atoms with E-state index in [1.807, 2.05) is 0 Å². The van der Waals surface area contributed by atoms with Crippen LogP contribution in [0.25, 0.3) is 0 Å². The first-order valence-corrected chi connectivity index (χ1v) is 5.18. The molecule has 3 nitrogen and oxygen atoms in total. The third-order valence-electron chi connectivity index (χ3n) is 2.55. The van der Waals surface area contributed by atoms with E-state index in [4.69, 9.17) is 4.74 Å². The highest BCUT2D eigenvalue weighted by Crippen LogP contribution is 2.23. The van der Waals surface area contributed by atoms with E-state index >= 15 is 0 Å². The molecule has 0 radical (unpaired) electrons. The van der Waals surface area contributed by atoms with Crippen LogP contribution >= 0.6 is 0 Å². The lowest BCUT2D eigenvalue weighted by molar-refractivity contribution is -0.109. The number of carbonyl (C=O) groups is 1. The molecule has 3 heteroatoms. The quantitative estimate of drug-likeness (QED) is 0.501. The first kappa shape index (κ1) is 10.5. The molecule has 1 saturated carbocycles. The minimum atomic E-state index is 0.635. The summed E-state index contributed by atoms with van der Waals surface area (Å²) in [7, 11) is 0. The van der Waals surface area contributed by atoms with Gasteiger partial charge >= 0.3 is 0 Å². The zero-order chi connectivity index (χ0) is 9.36. The Hall–Kier alpha value is -0.570. The van der Waals surface area contributed by atoms with Crippen LogP contribution in [0.4, 0.5) is 0 Å². The topological polar surface area (TPSA) is 38.3 Å². The normalized spacial score (nSPS) is 18.5. The summed E-state index contributed by atoms with van der Waals surface area (Å²) in [5.41, 5.74) is 0. The van der Waals surface area contributed by atoms with E-state index in [0.29, 0.717) is 19.6 Å². The molecule has 0 aromatic heterocycles. The second-order valence-electron chi connectivity index (χ2n) is 3.65. The summed E-state index contributed by atoms with van der Waals surface area (Å²) in [6.07, 6.45) is 7.47. The average Bonchev–Trinajstić information content (AvgIpc) is 2.19. The van der Waals surface area contributed by atoms with Gasteiger partial charge in [0.2, 0.25) is 6.41 Å². The summed E-state index contributed by atoms with van der Waals surface area (Å²) in [6, 6.07) is 0. The molecule has 1 N–H and O–H groups in total. The van der Waals surface area contributed by atoms with Crippen molar-refractivity contribution in [3.05, 3.63) is 0 Å². The fourth-order valence-electron chi connectivity index (χ4n) is 1.79. The molecule has 0 spiro atoms. The highest BCUT2D eigenvalue weighted by molar-refractivity contribution is 5.45. The number of nitrogens with one attached hydrogen (secondary N) is 1. The zero-order valence-corrected chi connectivity index (χ0v) is 8.13. The average molecular weight is 185 g/mol. The second-order valence-corrected chi connectivity index (χ2v) is 3.65. The molecule has 0 bridgehead atoms. The first-order valence-electron chi connectivity index (χ1n) is 5.18. The van der Waals surface area contributed by atoms with Crippen LogP contribution in [0.5, 0.6) is 0 Å². The van der Waals surface area contributed by atoms with E-state index in [9.17, 15) is 4.79 Å². The number of rotatable bonds is 6. The fourth-order valence-corrected chi connectivity index (χ4v) is 1.79. The third-order valence-corrected chi connectivity index (χ3v) is 2.55. The van der Waals surface area contributed by atoms with Crippen molar-refractivity contribution in [2.45, 2.75) is 32.1 Å². The van der Waals surface area contributed by atoms with Gasteiger partial charge in [0.1, 0.15) is 0 Å². The van der Waals surface area contributed by atoms with Crippen LogP contribution in [0.3, 0.4) is 0 Å². The van der Waals surface area contributed by atoms with E-state index in [0.717, 1.165) is 12.5 Å². The van der Waals surface area contributed by atoms with Crippen LogP contribution in [0, 0.1) is 5.92 Å². The molecule has 0 aromatic carbocycles. The Kier molecular flexibility index (Phi) is 5.57. The van der Waals surface area contributed by atoms with Crippen molar-refractivity contribution in [2.75, 3.05) is 19.8 Å².